The van der Waals surface area contributed by atoms with Gasteiger partial charge in [-0.1, -0.05) is 24.3 Å². The van der Waals surface area contributed by atoms with Gasteiger partial charge in [0.05, 0.1) is 25.2 Å². The Morgan fingerprint density at radius 3 is 2.97 bits per heavy atom. The molecule has 29 heavy (non-hydrogen) atoms. The largest absolute Gasteiger partial charge is 0.462 e. The molecule has 2 aromatic rings. The predicted molar refractivity (Wildman–Crippen MR) is 113 cm³/mol. The van der Waals surface area contributed by atoms with Gasteiger partial charge in [0, 0.05) is 37.5 Å². The van der Waals surface area contributed by atoms with Gasteiger partial charge in [0.1, 0.15) is 12.1 Å². The Kier molecular flexibility index (Phi) is 5.70. The average molecular weight is 396 g/mol. The molecule has 5 rings (SSSR count). The summed E-state index contributed by atoms with van der Waals surface area (Å²) >= 11 is 0. The molecule has 3 saturated heterocycles. The summed E-state index contributed by atoms with van der Waals surface area (Å²) in [5.41, 5.74) is 2.14. The highest BCUT2D eigenvalue weighted by Gasteiger charge is 2.55. The summed E-state index contributed by atoms with van der Waals surface area (Å²) in [5.74, 6) is 0.932. The van der Waals surface area contributed by atoms with E-state index >= 15 is 0 Å². The number of fused-ring (bicyclic) bond motifs is 4. The third-order valence-electron chi connectivity index (χ3n) is 7.02. The Labute approximate surface area is 172 Å². The number of aromatic nitrogens is 1. The van der Waals surface area contributed by atoms with E-state index in [0.717, 1.165) is 46.9 Å². The summed E-state index contributed by atoms with van der Waals surface area (Å²) in [6, 6.07) is 10.5. The number of rotatable bonds is 7. The van der Waals surface area contributed by atoms with Crippen LogP contribution in [-0.2, 0) is 14.3 Å². The molecule has 0 spiro atoms. The first-order chi connectivity index (χ1) is 14.1. The first kappa shape index (κ1) is 20.0. The van der Waals surface area contributed by atoms with E-state index < -0.39 is 0 Å². The lowest BCUT2D eigenvalue weighted by molar-refractivity contribution is -0.967. The fraction of sp³-hybridized carbons (Fsp3) is 0.500. The lowest BCUT2D eigenvalue weighted by Gasteiger charge is -2.57. The minimum Gasteiger partial charge on any atom is -0.462 e. The molecule has 3 aliphatic rings. The van der Waals surface area contributed by atoms with Crippen molar-refractivity contribution < 1.29 is 18.8 Å². The number of pyridine rings is 1. The van der Waals surface area contributed by atoms with Crippen LogP contribution in [0, 0.1) is 11.8 Å². The molecule has 0 aliphatic carbocycles. The van der Waals surface area contributed by atoms with Crippen molar-refractivity contribution in [1.82, 2.24) is 4.98 Å². The van der Waals surface area contributed by atoms with Gasteiger partial charge in [-0.3, -0.25) is 4.98 Å². The van der Waals surface area contributed by atoms with Crippen LogP contribution in [0.5, 0.6) is 0 Å². The predicted octanol–water partition coefficient (Wildman–Crippen LogP) is 3.90. The lowest BCUT2D eigenvalue weighted by atomic mass is 9.71. The summed E-state index contributed by atoms with van der Waals surface area (Å²) in [4.78, 5) is 17.1. The molecule has 0 radical (unpaired) electrons. The van der Waals surface area contributed by atoms with Gasteiger partial charge in [-0.15, -0.1) is 6.58 Å². The second kappa shape index (κ2) is 8.25. The van der Waals surface area contributed by atoms with E-state index in [1.165, 1.54) is 0 Å². The molecule has 3 fully saturated rings. The number of ether oxygens (including phenoxy) is 2. The van der Waals surface area contributed by atoms with Gasteiger partial charge in [0.25, 0.3) is 0 Å². The number of piperidine rings is 3. The molecule has 0 N–H and O–H groups in total. The number of esters is 1. The zero-order valence-corrected chi connectivity index (χ0v) is 17.4. The molecule has 0 unspecified atom stereocenters. The van der Waals surface area contributed by atoms with Crippen molar-refractivity contribution in [2.24, 2.45) is 11.8 Å². The molecule has 4 heterocycles. The van der Waals surface area contributed by atoms with Crippen LogP contribution < -0.4 is 0 Å². The molecular weight excluding hydrogens is 364 g/mol. The van der Waals surface area contributed by atoms with Crippen LogP contribution in [0.2, 0.25) is 0 Å². The highest BCUT2D eigenvalue weighted by atomic mass is 16.5. The minimum absolute atomic E-state index is 0.0918. The first-order valence-corrected chi connectivity index (χ1v) is 10.6. The van der Waals surface area contributed by atoms with E-state index in [4.69, 9.17) is 9.47 Å². The molecule has 0 saturated carbocycles. The van der Waals surface area contributed by atoms with Crippen LogP contribution in [0.4, 0.5) is 0 Å². The Hall–Kier alpha value is -2.24. The highest BCUT2D eigenvalue weighted by molar-refractivity contribution is 5.82. The van der Waals surface area contributed by atoms with Crippen molar-refractivity contribution in [2.75, 3.05) is 33.4 Å². The molecule has 1 aromatic heterocycles. The summed E-state index contributed by atoms with van der Waals surface area (Å²) < 4.78 is 12.2. The van der Waals surface area contributed by atoms with Crippen LogP contribution in [-0.4, -0.2) is 54.8 Å². The van der Waals surface area contributed by atoms with E-state index in [9.17, 15) is 4.79 Å². The number of hydrogen-bond donors (Lipinski definition) is 0. The number of benzene rings is 1. The number of para-hydroxylation sites is 1. The van der Waals surface area contributed by atoms with Gasteiger partial charge in [0.15, 0.2) is 6.54 Å². The first-order valence-electron chi connectivity index (χ1n) is 10.6. The maximum absolute atomic E-state index is 12.6. The summed E-state index contributed by atoms with van der Waals surface area (Å²) in [7, 11) is 1.79. The maximum atomic E-state index is 12.6. The number of methoxy groups -OCH3 is 1. The van der Waals surface area contributed by atoms with E-state index in [-0.39, 0.29) is 18.1 Å². The van der Waals surface area contributed by atoms with Crippen molar-refractivity contribution in [3.63, 3.8) is 0 Å². The number of quaternary nitrogens is 1. The van der Waals surface area contributed by atoms with Gasteiger partial charge in [-0.2, -0.15) is 0 Å². The summed E-state index contributed by atoms with van der Waals surface area (Å²) in [6.45, 7) is 8.68. The molecule has 154 valence electrons. The van der Waals surface area contributed by atoms with Crippen molar-refractivity contribution in [1.29, 1.82) is 0 Å². The Morgan fingerprint density at radius 1 is 1.38 bits per heavy atom. The number of carbonyl (C=O) groups is 1. The Balaban J connectivity index is 1.75. The van der Waals surface area contributed by atoms with E-state index in [1.807, 2.05) is 31.3 Å². The van der Waals surface area contributed by atoms with E-state index in [2.05, 4.69) is 29.8 Å². The zero-order valence-electron chi connectivity index (χ0n) is 17.4. The summed E-state index contributed by atoms with van der Waals surface area (Å²) in [5, 5.41) is 1.12. The lowest BCUT2D eigenvalue weighted by Crippen LogP contribution is -2.69. The van der Waals surface area contributed by atoms with Crippen LogP contribution in [0.1, 0.15) is 31.4 Å². The minimum atomic E-state index is -0.116. The quantitative estimate of drug-likeness (QED) is 0.405. The van der Waals surface area contributed by atoms with Crippen molar-refractivity contribution in [2.45, 2.75) is 31.9 Å². The highest BCUT2D eigenvalue weighted by Crippen LogP contribution is 2.47. The molecule has 0 amide bonds. The SMILES string of the molecule is C=C[C@H]1C[N@+]2(CC(=O)OCC)CC[C@H]1C[C@@H]2[C@@H](OC)c1ccnc2ccccc12. The second-order valence-corrected chi connectivity index (χ2v) is 8.41. The monoisotopic (exact) mass is 395 g/mol. The van der Waals surface area contributed by atoms with Crippen LogP contribution in [0.25, 0.3) is 10.9 Å². The van der Waals surface area contributed by atoms with Crippen LogP contribution in [0.3, 0.4) is 0 Å². The number of hydrogen-bond acceptors (Lipinski definition) is 4. The van der Waals surface area contributed by atoms with Gasteiger partial charge < -0.3 is 14.0 Å². The fourth-order valence-corrected chi connectivity index (χ4v) is 5.68. The zero-order chi connectivity index (χ0) is 20.4. The van der Waals surface area contributed by atoms with Gasteiger partial charge in [0.2, 0.25) is 0 Å². The fourth-order valence-electron chi connectivity index (χ4n) is 5.68. The average Bonchev–Trinajstić information content (AvgIpc) is 2.75. The smallest absolute Gasteiger partial charge is 0.361 e. The molecular formula is C24H31N2O3+. The molecule has 3 aliphatic heterocycles. The van der Waals surface area contributed by atoms with Gasteiger partial charge in [-0.25, -0.2) is 4.79 Å². The van der Waals surface area contributed by atoms with Crippen molar-refractivity contribution in [3.8, 4) is 0 Å². The second-order valence-electron chi connectivity index (χ2n) is 8.41. The number of nitrogens with zero attached hydrogens (tertiary/aromatic N) is 2. The molecule has 5 nitrogen and oxygen atoms in total. The maximum Gasteiger partial charge on any atom is 0.361 e. The molecule has 5 atom stereocenters. The van der Waals surface area contributed by atoms with Crippen molar-refractivity contribution in [3.05, 3.63) is 54.7 Å². The Morgan fingerprint density at radius 2 is 2.21 bits per heavy atom. The van der Waals surface area contributed by atoms with Crippen LogP contribution in [0.15, 0.2) is 49.2 Å². The van der Waals surface area contributed by atoms with E-state index in [1.54, 1.807) is 7.11 Å². The van der Waals surface area contributed by atoms with E-state index in [0.29, 0.717) is 25.0 Å². The number of carbonyl (C=O) groups excluding carboxylic acids is 1. The molecule has 1 aromatic carbocycles. The third kappa shape index (κ3) is 3.58. The van der Waals surface area contributed by atoms with Gasteiger partial charge in [-0.05, 0) is 30.5 Å². The van der Waals surface area contributed by atoms with Crippen molar-refractivity contribution >= 4 is 16.9 Å². The normalized spacial score (nSPS) is 29.5. The van der Waals surface area contributed by atoms with Crippen LogP contribution >= 0.6 is 0 Å². The topological polar surface area (TPSA) is 48.4 Å². The Bertz CT molecular complexity index is 893. The molecule has 2 bridgehead atoms. The standard InChI is InChI=1S/C24H31N2O3/c1-4-17-15-26(16-23(27)29-5-2)13-11-18(17)14-22(26)24(28-3)20-10-12-25-21-9-7-6-8-19(20)21/h4,6-10,12,17-18,22,24H,1,5,11,13-16H2,2-3H3/q+1/t17-,18-,22+,24-,26-/m0/s1. The third-order valence-corrected chi connectivity index (χ3v) is 7.02. The molecule has 5 heteroatoms. The van der Waals surface area contributed by atoms with Gasteiger partial charge >= 0.3 is 5.97 Å². The summed E-state index contributed by atoms with van der Waals surface area (Å²) in [6.07, 6.45) is 6.01.